The molecule has 2 N–H and O–H groups in total. The summed E-state index contributed by atoms with van der Waals surface area (Å²) in [5.41, 5.74) is 0.696. The van der Waals surface area contributed by atoms with E-state index >= 15 is 0 Å². The second-order valence-electron chi connectivity index (χ2n) is 4.14. The van der Waals surface area contributed by atoms with E-state index in [1.54, 1.807) is 25.3 Å². The van der Waals surface area contributed by atoms with E-state index < -0.39 is 5.91 Å². The van der Waals surface area contributed by atoms with Gasteiger partial charge in [0.2, 0.25) is 0 Å². The molecule has 0 saturated carbocycles. The van der Waals surface area contributed by atoms with Crippen LogP contribution in [0.3, 0.4) is 0 Å². The Bertz CT molecular complexity index is 562. The first-order chi connectivity index (χ1) is 10.2. The minimum atomic E-state index is -0.396. The van der Waals surface area contributed by atoms with E-state index in [1.165, 1.54) is 13.3 Å². The SMILES string of the molecule is CCCNC(=O)/C(C#N)=C\Nc1ccc(OC)c(OC)c1. The molecular formula is C15H19N3O3. The molecule has 0 bridgehead atoms. The van der Waals surface area contributed by atoms with Gasteiger partial charge in [0.05, 0.1) is 14.2 Å². The number of anilines is 1. The minimum Gasteiger partial charge on any atom is -0.493 e. The number of amides is 1. The second kappa shape index (κ2) is 8.48. The van der Waals surface area contributed by atoms with Gasteiger partial charge >= 0.3 is 0 Å². The van der Waals surface area contributed by atoms with Crippen molar-refractivity contribution in [1.82, 2.24) is 5.32 Å². The molecule has 1 aromatic rings. The van der Waals surface area contributed by atoms with Gasteiger partial charge in [-0.05, 0) is 18.6 Å². The van der Waals surface area contributed by atoms with Gasteiger partial charge < -0.3 is 20.1 Å². The van der Waals surface area contributed by atoms with Gasteiger partial charge in [-0.3, -0.25) is 4.79 Å². The van der Waals surface area contributed by atoms with Crippen LogP contribution in [-0.2, 0) is 4.79 Å². The fraction of sp³-hybridized carbons (Fsp3) is 0.333. The molecule has 1 amide bonds. The zero-order valence-corrected chi connectivity index (χ0v) is 12.4. The molecule has 0 saturated heterocycles. The molecular weight excluding hydrogens is 270 g/mol. The number of nitriles is 1. The molecule has 0 heterocycles. The summed E-state index contributed by atoms with van der Waals surface area (Å²) in [6.45, 7) is 2.48. The Labute approximate surface area is 124 Å². The van der Waals surface area contributed by atoms with Gasteiger partial charge in [-0.2, -0.15) is 5.26 Å². The van der Waals surface area contributed by atoms with Crippen molar-refractivity contribution < 1.29 is 14.3 Å². The summed E-state index contributed by atoms with van der Waals surface area (Å²) in [4.78, 5) is 11.7. The standard InChI is InChI=1S/C15H19N3O3/c1-4-7-17-15(19)11(9-16)10-18-12-5-6-13(20-2)14(8-12)21-3/h5-6,8,10,18H,4,7H2,1-3H3,(H,17,19)/b11-10-. The number of ether oxygens (including phenoxy) is 2. The zero-order valence-electron chi connectivity index (χ0n) is 12.4. The molecule has 0 fully saturated rings. The first-order valence-corrected chi connectivity index (χ1v) is 6.53. The van der Waals surface area contributed by atoms with Crippen molar-refractivity contribution in [3.05, 3.63) is 30.0 Å². The van der Waals surface area contributed by atoms with Crippen LogP contribution in [-0.4, -0.2) is 26.7 Å². The Hall–Kier alpha value is -2.68. The molecule has 0 unspecified atom stereocenters. The van der Waals surface area contributed by atoms with Gasteiger partial charge in [0.25, 0.3) is 5.91 Å². The third kappa shape index (κ3) is 4.73. The van der Waals surface area contributed by atoms with Gasteiger partial charge in [-0.25, -0.2) is 0 Å². The number of hydrogen-bond donors (Lipinski definition) is 2. The van der Waals surface area contributed by atoms with Crippen molar-refractivity contribution in [1.29, 1.82) is 5.26 Å². The molecule has 0 aliphatic rings. The molecule has 0 radical (unpaired) electrons. The van der Waals surface area contributed by atoms with Crippen LogP contribution in [0.2, 0.25) is 0 Å². The molecule has 0 aliphatic heterocycles. The fourth-order valence-corrected chi connectivity index (χ4v) is 1.56. The van der Waals surface area contributed by atoms with Crippen LogP contribution >= 0.6 is 0 Å². The van der Waals surface area contributed by atoms with Crippen molar-refractivity contribution >= 4 is 11.6 Å². The highest BCUT2D eigenvalue weighted by Gasteiger charge is 2.08. The molecule has 0 atom stereocenters. The van der Waals surface area contributed by atoms with Crippen molar-refractivity contribution in [2.75, 3.05) is 26.1 Å². The Balaban J connectivity index is 2.82. The predicted molar refractivity (Wildman–Crippen MR) is 80.2 cm³/mol. The largest absolute Gasteiger partial charge is 0.493 e. The number of carbonyl (C=O) groups excluding carboxylic acids is 1. The van der Waals surface area contributed by atoms with Gasteiger partial charge in [0.1, 0.15) is 11.6 Å². The lowest BCUT2D eigenvalue weighted by atomic mass is 10.2. The number of benzene rings is 1. The summed E-state index contributed by atoms with van der Waals surface area (Å²) in [6, 6.07) is 7.07. The maximum absolute atomic E-state index is 11.7. The lowest BCUT2D eigenvalue weighted by molar-refractivity contribution is -0.117. The van der Waals surface area contributed by atoms with E-state index in [4.69, 9.17) is 14.7 Å². The summed E-state index contributed by atoms with van der Waals surface area (Å²) < 4.78 is 10.3. The molecule has 1 rings (SSSR count). The van der Waals surface area contributed by atoms with Crippen molar-refractivity contribution in [2.24, 2.45) is 0 Å². The van der Waals surface area contributed by atoms with Crippen molar-refractivity contribution in [3.8, 4) is 17.6 Å². The lowest BCUT2D eigenvalue weighted by Crippen LogP contribution is -2.25. The quantitative estimate of drug-likeness (QED) is 0.593. The summed E-state index contributed by atoms with van der Waals surface area (Å²) in [6.07, 6.45) is 2.18. The maximum atomic E-state index is 11.7. The maximum Gasteiger partial charge on any atom is 0.263 e. The van der Waals surface area contributed by atoms with Gasteiger partial charge in [0.15, 0.2) is 11.5 Å². The normalized spacial score (nSPS) is 10.5. The summed E-state index contributed by atoms with van der Waals surface area (Å²) >= 11 is 0. The lowest BCUT2D eigenvalue weighted by Gasteiger charge is -2.09. The molecule has 21 heavy (non-hydrogen) atoms. The summed E-state index contributed by atoms with van der Waals surface area (Å²) in [5, 5.41) is 14.5. The topological polar surface area (TPSA) is 83.4 Å². The first kappa shape index (κ1) is 16.4. The van der Waals surface area contributed by atoms with Crippen molar-refractivity contribution in [3.63, 3.8) is 0 Å². The Morgan fingerprint density at radius 2 is 2.05 bits per heavy atom. The van der Waals surface area contributed by atoms with Gasteiger partial charge in [-0.1, -0.05) is 6.92 Å². The monoisotopic (exact) mass is 289 g/mol. The average Bonchev–Trinajstić information content (AvgIpc) is 2.53. The highest BCUT2D eigenvalue weighted by atomic mass is 16.5. The van der Waals surface area contributed by atoms with Crippen LogP contribution in [0.4, 0.5) is 5.69 Å². The van der Waals surface area contributed by atoms with Crippen LogP contribution in [0.5, 0.6) is 11.5 Å². The molecule has 6 nitrogen and oxygen atoms in total. The van der Waals surface area contributed by atoms with E-state index in [0.29, 0.717) is 23.7 Å². The fourth-order valence-electron chi connectivity index (χ4n) is 1.56. The number of hydrogen-bond acceptors (Lipinski definition) is 5. The average molecular weight is 289 g/mol. The molecule has 0 spiro atoms. The predicted octanol–water partition coefficient (Wildman–Crippen LogP) is 2.05. The Morgan fingerprint density at radius 3 is 2.62 bits per heavy atom. The zero-order chi connectivity index (χ0) is 15.7. The number of nitrogens with zero attached hydrogens (tertiary/aromatic N) is 1. The molecule has 0 aromatic heterocycles. The number of carbonyl (C=O) groups is 1. The van der Waals surface area contributed by atoms with Crippen molar-refractivity contribution in [2.45, 2.75) is 13.3 Å². The van der Waals surface area contributed by atoms with E-state index in [2.05, 4.69) is 10.6 Å². The molecule has 112 valence electrons. The Morgan fingerprint density at radius 1 is 1.33 bits per heavy atom. The highest BCUT2D eigenvalue weighted by Crippen LogP contribution is 2.29. The van der Waals surface area contributed by atoms with Crippen LogP contribution in [0.15, 0.2) is 30.0 Å². The van der Waals surface area contributed by atoms with Gasteiger partial charge in [0, 0.05) is 24.5 Å². The Kier molecular flexibility index (Phi) is 6.61. The van der Waals surface area contributed by atoms with Gasteiger partial charge in [-0.15, -0.1) is 0 Å². The summed E-state index contributed by atoms with van der Waals surface area (Å²) in [5.74, 6) is 0.769. The molecule has 6 heteroatoms. The van der Waals surface area contributed by atoms with E-state index in [1.807, 2.05) is 13.0 Å². The van der Waals surface area contributed by atoms with E-state index in [-0.39, 0.29) is 5.57 Å². The summed E-state index contributed by atoms with van der Waals surface area (Å²) in [7, 11) is 3.09. The second-order valence-corrected chi connectivity index (χ2v) is 4.14. The molecule has 1 aromatic carbocycles. The highest BCUT2D eigenvalue weighted by molar-refractivity contribution is 5.97. The number of rotatable bonds is 7. The third-order valence-electron chi connectivity index (χ3n) is 2.67. The number of nitrogens with one attached hydrogen (secondary N) is 2. The molecule has 0 aliphatic carbocycles. The number of methoxy groups -OCH3 is 2. The van der Waals surface area contributed by atoms with Crippen LogP contribution in [0, 0.1) is 11.3 Å². The third-order valence-corrected chi connectivity index (χ3v) is 2.67. The van der Waals surface area contributed by atoms with Crippen LogP contribution in [0.1, 0.15) is 13.3 Å². The first-order valence-electron chi connectivity index (χ1n) is 6.53. The van der Waals surface area contributed by atoms with Crippen LogP contribution < -0.4 is 20.1 Å². The van der Waals surface area contributed by atoms with E-state index in [0.717, 1.165) is 6.42 Å². The van der Waals surface area contributed by atoms with Crippen LogP contribution in [0.25, 0.3) is 0 Å². The minimum absolute atomic E-state index is 0.0123. The smallest absolute Gasteiger partial charge is 0.263 e. The van der Waals surface area contributed by atoms with E-state index in [9.17, 15) is 4.79 Å².